The maximum Gasteiger partial charge on any atom is 0.0934 e. The van der Waals surface area contributed by atoms with Gasteiger partial charge in [-0.2, -0.15) is 0 Å². The number of benzene rings is 1. The van der Waals surface area contributed by atoms with Gasteiger partial charge in [0.15, 0.2) is 0 Å². The summed E-state index contributed by atoms with van der Waals surface area (Å²) in [6, 6.07) is 10.9. The molecule has 0 amide bonds. The van der Waals surface area contributed by atoms with E-state index in [0.717, 1.165) is 58.8 Å². The average molecular weight is 545 g/mol. The van der Waals surface area contributed by atoms with E-state index in [1.165, 1.54) is 108 Å². The molecule has 0 aliphatic carbocycles. The predicted octanol–water partition coefficient (Wildman–Crippen LogP) is 8.66. The molecule has 4 nitrogen and oxygen atoms in total. The minimum absolute atomic E-state index is 0.123. The molecule has 1 aromatic carbocycles. The molecule has 1 heterocycles. The van der Waals surface area contributed by atoms with Gasteiger partial charge in [-0.25, -0.2) is 0 Å². The van der Waals surface area contributed by atoms with Crippen molar-refractivity contribution in [1.29, 1.82) is 0 Å². The largest absolute Gasteiger partial charge is 0.379 e. The maximum atomic E-state index is 6.44. The van der Waals surface area contributed by atoms with Crippen molar-refractivity contribution in [2.75, 3.05) is 46.0 Å². The van der Waals surface area contributed by atoms with Gasteiger partial charge in [-0.1, -0.05) is 134 Å². The highest BCUT2D eigenvalue weighted by Crippen LogP contribution is 2.34. The van der Waals surface area contributed by atoms with Crippen LogP contribution in [-0.4, -0.2) is 57.0 Å². The summed E-state index contributed by atoms with van der Waals surface area (Å²) in [6.45, 7) is 10.9. The van der Waals surface area contributed by atoms with Crippen molar-refractivity contribution in [3.63, 3.8) is 0 Å². The number of piperidine rings is 1. The lowest BCUT2D eigenvalue weighted by atomic mass is 9.73. The first-order chi connectivity index (χ1) is 19.2. The molecule has 0 aromatic heterocycles. The van der Waals surface area contributed by atoms with E-state index in [1.54, 1.807) is 0 Å². The third-order valence-electron chi connectivity index (χ3n) is 8.85. The summed E-state index contributed by atoms with van der Waals surface area (Å²) >= 11 is 0. The van der Waals surface area contributed by atoms with Crippen molar-refractivity contribution in [2.24, 2.45) is 5.73 Å². The second-order valence-electron chi connectivity index (χ2n) is 12.2. The number of unbranched alkanes of at least 4 members (excludes halogenated alkanes) is 14. The van der Waals surface area contributed by atoms with Crippen molar-refractivity contribution in [1.82, 2.24) is 4.90 Å². The normalized spacial score (nSPS) is 16.5. The fourth-order valence-corrected chi connectivity index (χ4v) is 6.05. The van der Waals surface area contributed by atoms with Crippen molar-refractivity contribution in [2.45, 2.75) is 141 Å². The highest BCUT2D eigenvalue weighted by molar-refractivity contribution is 5.26. The van der Waals surface area contributed by atoms with Gasteiger partial charge in [-0.05, 0) is 44.3 Å². The number of hydrogen-bond acceptors (Lipinski definition) is 4. The standard InChI is InChI=1S/C35H64N2O2/c1-3-5-7-9-11-13-15-20-28-38-31-34(39-29-21-16-14-12-10-8-6-4-2)30-37-26-24-35(32-36,25-27-37)33-22-18-17-19-23-33/h17-19,22-23,34H,3-16,20-21,24-32,36H2,1-2H3/t34-/m1/s1. The molecule has 226 valence electrons. The van der Waals surface area contributed by atoms with Crippen LogP contribution >= 0.6 is 0 Å². The van der Waals surface area contributed by atoms with Crippen molar-refractivity contribution in [3.05, 3.63) is 35.9 Å². The Balaban J connectivity index is 1.70. The predicted molar refractivity (Wildman–Crippen MR) is 169 cm³/mol. The fraction of sp³-hybridized carbons (Fsp3) is 0.829. The molecule has 4 heteroatoms. The van der Waals surface area contributed by atoms with Crippen LogP contribution in [0, 0.1) is 0 Å². The molecule has 0 spiro atoms. The second kappa shape index (κ2) is 22.7. The van der Waals surface area contributed by atoms with E-state index >= 15 is 0 Å². The molecule has 39 heavy (non-hydrogen) atoms. The Morgan fingerprint density at radius 1 is 0.718 bits per heavy atom. The molecule has 1 atom stereocenters. The topological polar surface area (TPSA) is 47.7 Å². The van der Waals surface area contributed by atoms with Gasteiger partial charge in [0.1, 0.15) is 0 Å². The SMILES string of the molecule is CCCCCCCCCCOC[C@@H](CN1CCC(CN)(c2ccccc2)CC1)OCCCCCCCCCC. The Morgan fingerprint density at radius 3 is 1.77 bits per heavy atom. The summed E-state index contributed by atoms with van der Waals surface area (Å²) in [5.41, 5.74) is 7.87. The number of likely N-dealkylation sites (tertiary alicyclic amines) is 1. The highest BCUT2D eigenvalue weighted by Gasteiger charge is 2.35. The van der Waals surface area contributed by atoms with Gasteiger partial charge in [0.05, 0.1) is 12.7 Å². The van der Waals surface area contributed by atoms with E-state index in [1.807, 2.05) is 0 Å². The quantitative estimate of drug-likeness (QED) is 0.125. The summed E-state index contributed by atoms with van der Waals surface area (Å²) < 4.78 is 12.6. The minimum Gasteiger partial charge on any atom is -0.379 e. The van der Waals surface area contributed by atoms with Gasteiger partial charge in [-0.15, -0.1) is 0 Å². The number of rotatable bonds is 25. The van der Waals surface area contributed by atoms with Crippen LogP contribution in [0.15, 0.2) is 30.3 Å². The van der Waals surface area contributed by atoms with E-state index in [0.29, 0.717) is 0 Å². The van der Waals surface area contributed by atoms with Crippen LogP contribution in [0.2, 0.25) is 0 Å². The lowest BCUT2D eigenvalue weighted by Gasteiger charge is -2.42. The highest BCUT2D eigenvalue weighted by atomic mass is 16.5. The third kappa shape index (κ3) is 15.0. The van der Waals surface area contributed by atoms with Crippen LogP contribution in [0.1, 0.15) is 135 Å². The molecule has 1 aliphatic rings. The Bertz CT molecular complexity index is 660. The molecular formula is C35H64N2O2. The number of ether oxygens (including phenoxy) is 2. The van der Waals surface area contributed by atoms with Crippen LogP contribution in [0.25, 0.3) is 0 Å². The van der Waals surface area contributed by atoms with E-state index < -0.39 is 0 Å². The molecule has 1 aliphatic heterocycles. The Labute approximate surface area is 242 Å². The first kappa shape index (κ1) is 34.3. The van der Waals surface area contributed by atoms with Crippen LogP contribution in [0.3, 0.4) is 0 Å². The second-order valence-corrected chi connectivity index (χ2v) is 12.2. The molecule has 1 fully saturated rings. The zero-order valence-corrected chi connectivity index (χ0v) is 26.0. The first-order valence-electron chi connectivity index (χ1n) is 16.9. The zero-order chi connectivity index (χ0) is 27.9. The van der Waals surface area contributed by atoms with E-state index in [9.17, 15) is 0 Å². The number of hydrogen-bond donors (Lipinski definition) is 1. The van der Waals surface area contributed by atoms with Crippen LogP contribution < -0.4 is 5.73 Å². The van der Waals surface area contributed by atoms with E-state index in [-0.39, 0.29) is 11.5 Å². The Kier molecular flexibility index (Phi) is 20.0. The van der Waals surface area contributed by atoms with Gasteiger partial charge < -0.3 is 20.1 Å². The van der Waals surface area contributed by atoms with Crippen LogP contribution in [0.5, 0.6) is 0 Å². The summed E-state index contributed by atoms with van der Waals surface area (Å²) in [4.78, 5) is 2.59. The molecule has 2 N–H and O–H groups in total. The van der Waals surface area contributed by atoms with Gasteiger partial charge >= 0.3 is 0 Å². The fourth-order valence-electron chi connectivity index (χ4n) is 6.05. The minimum atomic E-state index is 0.123. The molecule has 0 saturated carbocycles. The van der Waals surface area contributed by atoms with Gasteiger partial charge in [0, 0.05) is 31.7 Å². The molecule has 1 aromatic rings. The zero-order valence-electron chi connectivity index (χ0n) is 26.0. The lowest BCUT2D eigenvalue weighted by molar-refractivity contribution is -0.0388. The van der Waals surface area contributed by atoms with Crippen LogP contribution in [0.4, 0.5) is 0 Å². The average Bonchev–Trinajstić information content (AvgIpc) is 2.98. The van der Waals surface area contributed by atoms with Gasteiger partial charge in [0.2, 0.25) is 0 Å². The van der Waals surface area contributed by atoms with Crippen molar-refractivity contribution in [3.8, 4) is 0 Å². The molecule has 0 radical (unpaired) electrons. The summed E-state index contributed by atoms with van der Waals surface area (Å²) in [7, 11) is 0. The smallest absolute Gasteiger partial charge is 0.0934 e. The Morgan fingerprint density at radius 2 is 1.23 bits per heavy atom. The monoisotopic (exact) mass is 544 g/mol. The Hall–Kier alpha value is -0.940. The van der Waals surface area contributed by atoms with Gasteiger partial charge in [-0.3, -0.25) is 0 Å². The number of nitrogens with two attached hydrogens (primary N) is 1. The summed E-state index contributed by atoms with van der Waals surface area (Å²) in [5, 5.41) is 0. The molecule has 1 saturated heterocycles. The third-order valence-corrected chi connectivity index (χ3v) is 8.85. The lowest BCUT2D eigenvalue weighted by Crippen LogP contribution is -2.49. The summed E-state index contributed by atoms with van der Waals surface area (Å²) in [6.07, 6.45) is 23.8. The molecule has 0 bridgehead atoms. The molecule has 0 unspecified atom stereocenters. The van der Waals surface area contributed by atoms with Crippen LogP contribution in [-0.2, 0) is 14.9 Å². The van der Waals surface area contributed by atoms with Crippen molar-refractivity contribution >= 4 is 0 Å². The van der Waals surface area contributed by atoms with Crippen molar-refractivity contribution < 1.29 is 9.47 Å². The molecular weight excluding hydrogens is 480 g/mol. The van der Waals surface area contributed by atoms with Gasteiger partial charge in [0.25, 0.3) is 0 Å². The number of nitrogens with zero attached hydrogens (tertiary/aromatic N) is 1. The molecule has 2 rings (SSSR count). The van der Waals surface area contributed by atoms with E-state index in [4.69, 9.17) is 15.2 Å². The first-order valence-corrected chi connectivity index (χ1v) is 16.9. The van der Waals surface area contributed by atoms with E-state index in [2.05, 4.69) is 49.1 Å². The maximum absolute atomic E-state index is 6.44. The summed E-state index contributed by atoms with van der Waals surface area (Å²) in [5.74, 6) is 0.